The van der Waals surface area contributed by atoms with Crippen LogP contribution in [0, 0.1) is 5.92 Å². The van der Waals surface area contributed by atoms with E-state index in [9.17, 15) is 4.79 Å². The van der Waals surface area contributed by atoms with E-state index in [0.717, 1.165) is 50.5 Å². The van der Waals surface area contributed by atoms with Gasteiger partial charge in [-0.3, -0.25) is 4.79 Å². The van der Waals surface area contributed by atoms with E-state index in [0.29, 0.717) is 12.6 Å². The first-order chi connectivity index (χ1) is 17.1. The fourth-order valence-corrected chi connectivity index (χ4v) is 5.72. The van der Waals surface area contributed by atoms with Crippen molar-refractivity contribution in [3.8, 4) is 0 Å². The van der Waals surface area contributed by atoms with Crippen LogP contribution in [0.15, 0.2) is 78.9 Å². The monoisotopic (exact) mass is 487 g/mol. The average molecular weight is 488 g/mol. The van der Waals surface area contributed by atoms with Crippen LogP contribution in [-0.2, 0) is 24.3 Å². The summed E-state index contributed by atoms with van der Waals surface area (Å²) in [5.41, 5.74) is 5.24. The van der Waals surface area contributed by atoms with Crippen molar-refractivity contribution in [2.75, 3.05) is 31.6 Å². The molecule has 35 heavy (non-hydrogen) atoms. The van der Waals surface area contributed by atoms with Gasteiger partial charge in [0.25, 0.3) is 0 Å². The Labute approximate surface area is 214 Å². The number of hydrogen-bond donors (Lipinski definition) is 0. The summed E-state index contributed by atoms with van der Waals surface area (Å²) in [6.07, 6.45) is 2.95. The largest absolute Gasteiger partial charge is 0.362 e. The molecule has 0 saturated carbocycles. The maximum Gasteiger partial charge on any atom is 0.225 e. The summed E-state index contributed by atoms with van der Waals surface area (Å²) in [5, 5.41) is 0.777. The third kappa shape index (κ3) is 5.71. The Morgan fingerprint density at radius 2 is 1.60 bits per heavy atom. The first-order valence-electron chi connectivity index (χ1n) is 12.7. The molecule has 0 aromatic heterocycles. The Morgan fingerprint density at radius 3 is 2.34 bits per heavy atom. The first kappa shape index (κ1) is 23.9. The number of benzene rings is 3. The molecule has 3 aromatic rings. The Hall–Kier alpha value is -2.82. The van der Waals surface area contributed by atoms with Gasteiger partial charge in [0, 0.05) is 49.4 Å². The van der Waals surface area contributed by atoms with Crippen LogP contribution in [0.3, 0.4) is 0 Å². The number of rotatable bonds is 7. The first-order valence-corrected chi connectivity index (χ1v) is 13.0. The molecule has 1 amide bonds. The van der Waals surface area contributed by atoms with Crippen molar-refractivity contribution in [2.45, 2.75) is 38.4 Å². The highest BCUT2D eigenvalue weighted by molar-refractivity contribution is 6.30. The summed E-state index contributed by atoms with van der Waals surface area (Å²) in [4.78, 5) is 20.1. The summed E-state index contributed by atoms with van der Waals surface area (Å²) in [5.74, 6) is 0.414. The van der Waals surface area contributed by atoms with Crippen molar-refractivity contribution >= 4 is 23.2 Å². The van der Waals surface area contributed by atoms with Gasteiger partial charge in [-0.2, -0.15) is 0 Å². The second-order valence-corrected chi connectivity index (χ2v) is 10.4. The van der Waals surface area contributed by atoms with Crippen LogP contribution in [0.4, 0.5) is 5.69 Å². The van der Waals surface area contributed by atoms with Gasteiger partial charge < -0.3 is 14.7 Å². The molecule has 5 rings (SSSR count). The maximum atomic E-state index is 13.1. The van der Waals surface area contributed by atoms with Crippen molar-refractivity contribution in [1.82, 2.24) is 9.80 Å². The zero-order valence-electron chi connectivity index (χ0n) is 20.4. The Kier molecular flexibility index (Phi) is 7.40. The lowest BCUT2D eigenvalue weighted by Crippen LogP contribution is -2.47. The SMILES string of the molecule is CN(Cc1ccccc1)C(=O)C1CCN(CC2Cc3ccccc3N2Cc2ccc(Cl)cc2)CC1. The minimum atomic E-state index is 0.130. The maximum absolute atomic E-state index is 13.1. The predicted molar refractivity (Wildman–Crippen MR) is 144 cm³/mol. The lowest BCUT2D eigenvalue weighted by atomic mass is 9.94. The molecule has 1 atom stereocenters. The van der Waals surface area contributed by atoms with Crippen LogP contribution in [-0.4, -0.2) is 48.4 Å². The third-order valence-electron chi connectivity index (χ3n) is 7.51. The number of fused-ring (bicyclic) bond motifs is 1. The zero-order valence-corrected chi connectivity index (χ0v) is 21.2. The van der Waals surface area contributed by atoms with E-state index in [4.69, 9.17) is 11.6 Å². The van der Waals surface area contributed by atoms with Gasteiger partial charge >= 0.3 is 0 Å². The van der Waals surface area contributed by atoms with Gasteiger partial charge in [-0.05, 0) is 67.2 Å². The van der Waals surface area contributed by atoms with Crippen molar-refractivity contribution in [3.05, 3.63) is 101 Å². The van der Waals surface area contributed by atoms with Gasteiger partial charge in [-0.1, -0.05) is 72.3 Å². The van der Waals surface area contributed by atoms with E-state index in [2.05, 4.69) is 58.3 Å². The smallest absolute Gasteiger partial charge is 0.225 e. The second-order valence-electron chi connectivity index (χ2n) is 10.00. The van der Waals surface area contributed by atoms with Crippen LogP contribution >= 0.6 is 11.6 Å². The normalized spacial score (nSPS) is 18.5. The Bertz CT molecular complexity index is 1130. The van der Waals surface area contributed by atoms with E-state index in [-0.39, 0.29) is 11.8 Å². The number of nitrogens with zero attached hydrogens (tertiary/aromatic N) is 3. The molecule has 0 radical (unpaired) electrons. The Morgan fingerprint density at radius 1 is 0.914 bits per heavy atom. The minimum absolute atomic E-state index is 0.130. The molecule has 4 nitrogen and oxygen atoms in total. The van der Waals surface area contributed by atoms with Crippen molar-refractivity contribution < 1.29 is 4.79 Å². The lowest BCUT2D eigenvalue weighted by Gasteiger charge is -2.37. The molecule has 2 aliphatic rings. The second kappa shape index (κ2) is 10.8. The van der Waals surface area contributed by atoms with Crippen molar-refractivity contribution in [3.63, 3.8) is 0 Å². The summed E-state index contributed by atoms with van der Waals surface area (Å²) in [6.45, 7) is 4.56. The number of halogens is 1. The van der Waals surface area contributed by atoms with Crippen LogP contribution in [0.5, 0.6) is 0 Å². The number of anilines is 1. The highest BCUT2D eigenvalue weighted by Gasteiger charge is 2.33. The summed E-state index contributed by atoms with van der Waals surface area (Å²) in [7, 11) is 1.94. The molecule has 0 N–H and O–H groups in total. The van der Waals surface area contributed by atoms with Crippen LogP contribution in [0.25, 0.3) is 0 Å². The van der Waals surface area contributed by atoms with Gasteiger partial charge in [-0.15, -0.1) is 0 Å². The standard InChI is InChI=1S/C30H34ClN3O/c1-32(20-23-7-3-2-4-8-23)30(35)25-15-17-33(18-16-25)22-28-19-26-9-5-6-10-29(26)34(28)21-24-11-13-27(31)14-12-24/h2-14,25,28H,15-22H2,1H3. The molecule has 3 aromatic carbocycles. The van der Waals surface area contributed by atoms with E-state index < -0.39 is 0 Å². The molecule has 0 spiro atoms. The van der Waals surface area contributed by atoms with Gasteiger partial charge in [0.05, 0.1) is 0 Å². The molecule has 0 aliphatic carbocycles. The fraction of sp³-hybridized carbons (Fsp3) is 0.367. The molecule has 2 aliphatic heterocycles. The van der Waals surface area contributed by atoms with Gasteiger partial charge in [-0.25, -0.2) is 0 Å². The van der Waals surface area contributed by atoms with Gasteiger partial charge in [0.2, 0.25) is 5.91 Å². The number of carbonyl (C=O) groups excluding carboxylic acids is 1. The highest BCUT2D eigenvalue weighted by atomic mass is 35.5. The van der Waals surface area contributed by atoms with Gasteiger partial charge in [0.1, 0.15) is 0 Å². The molecule has 5 heteroatoms. The molecule has 2 heterocycles. The number of para-hydroxylation sites is 1. The summed E-state index contributed by atoms with van der Waals surface area (Å²) < 4.78 is 0. The Balaban J connectivity index is 1.18. The molecule has 182 valence electrons. The van der Waals surface area contributed by atoms with E-state index in [1.54, 1.807) is 0 Å². The van der Waals surface area contributed by atoms with Crippen molar-refractivity contribution in [1.29, 1.82) is 0 Å². The van der Waals surface area contributed by atoms with E-state index in [1.807, 2.05) is 42.3 Å². The number of carbonyl (C=O) groups is 1. The predicted octanol–water partition coefficient (Wildman–Crippen LogP) is 5.64. The van der Waals surface area contributed by atoms with Gasteiger partial charge in [0.15, 0.2) is 0 Å². The van der Waals surface area contributed by atoms with Crippen LogP contribution in [0.2, 0.25) is 5.02 Å². The van der Waals surface area contributed by atoms with E-state index in [1.165, 1.54) is 22.4 Å². The summed E-state index contributed by atoms with van der Waals surface area (Å²) >= 11 is 6.11. The zero-order chi connectivity index (χ0) is 24.2. The number of hydrogen-bond acceptors (Lipinski definition) is 3. The molecular weight excluding hydrogens is 454 g/mol. The number of likely N-dealkylation sites (tertiary alicyclic amines) is 1. The van der Waals surface area contributed by atoms with E-state index >= 15 is 0 Å². The number of piperidine rings is 1. The third-order valence-corrected chi connectivity index (χ3v) is 7.76. The lowest BCUT2D eigenvalue weighted by molar-refractivity contribution is -0.136. The molecular formula is C30H34ClN3O. The molecule has 0 bridgehead atoms. The number of amides is 1. The van der Waals surface area contributed by atoms with Crippen LogP contribution < -0.4 is 4.90 Å². The van der Waals surface area contributed by atoms with Crippen molar-refractivity contribution in [2.24, 2.45) is 5.92 Å². The highest BCUT2D eigenvalue weighted by Crippen LogP contribution is 2.34. The molecule has 1 unspecified atom stereocenters. The summed E-state index contributed by atoms with van der Waals surface area (Å²) in [6, 6.07) is 27.7. The average Bonchev–Trinajstić information content (AvgIpc) is 3.22. The van der Waals surface area contributed by atoms with Crippen LogP contribution in [0.1, 0.15) is 29.5 Å². The topological polar surface area (TPSA) is 26.8 Å². The quantitative estimate of drug-likeness (QED) is 0.431. The minimum Gasteiger partial charge on any atom is -0.362 e. The fourth-order valence-electron chi connectivity index (χ4n) is 5.60. The molecule has 1 fully saturated rings. The molecule has 1 saturated heterocycles.